The van der Waals surface area contributed by atoms with E-state index in [1.54, 1.807) is 12.1 Å². The zero-order valence-corrected chi connectivity index (χ0v) is 14.9. The number of benzene rings is 1. The van der Waals surface area contributed by atoms with Gasteiger partial charge in [0.15, 0.2) is 6.29 Å². The average Bonchev–Trinajstić information content (AvgIpc) is 2.69. The maximum Gasteiger partial charge on any atom is 0.330 e. The third-order valence-corrected chi connectivity index (χ3v) is 4.02. The highest BCUT2D eigenvalue weighted by Crippen LogP contribution is 2.22. The van der Waals surface area contributed by atoms with Crippen molar-refractivity contribution in [3.63, 3.8) is 0 Å². The van der Waals surface area contributed by atoms with E-state index in [0.717, 1.165) is 6.08 Å². The second kappa shape index (κ2) is 10.5. The van der Waals surface area contributed by atoms with Crippen molar-refractivity contribution in [1.29, 1.82) is 0 Å². The first kappa shape index (κ1) is 22.2. The molecule has 0 spiro atoms. The van der Waals surface area contributed by atoms with Crippen molar-refractivity contribution < 1.29 is 49.6 Å². The molecule has 0 bridgehead atoms. The summed E-state index contributed by atoms with van der Waals surface area (Å²) in [6.45, 7) is -1.38. The number of phenolic OH excluding ortho intramolecular Hbond substituents is 1. The Labute approximate surface area is 160 Å². The van der Waals surface area contributed by atoms with Crippen LogP contribution in [0.25, 0.3) is 6.08 Å². The Morgan fingerprint density at radius 2 is 1.79 bits per heavy atom. The van der Waals surface area contributed by atoms with Crippen LogP contribution in [0.4, 0.5) is 0 Å². The number of phenols is 1. The molecule has 0 aromatic heterocycles. The molecule has 1 aliphatic rings. The van der Waals surface area contributed by atoms with Crippen molar-refractivity contribution >= 4 is 12.0 Å². The highest BCUT2D eigenvalue weighted by molar-refractivity contribution is 5.87. The molecule has 156 valence electrons. The summed E-state index contributed by atoms with van der Waals surface area (Å²) in [4.78, 5) is 11.6. The number of rotatable bonds is 8. The minimum absolute atomic E-state index is 0.0993. The Balaban J connectivity index is 1.73. The molecule has 6 atom stereocenters. The molecule has 1 saturated heterocycles. The lowest BCUT2D eigenvalue weighted by molar-refractivity contribution is -0.304. The Hall–Kier alpha value is -2.05. The topological polar surface area (TPSA) is 166 Å². The van der Waals surface area contributed by atoms with Gasteiger partial charge in [0, 0.05) is 6.08 Å². The molecule has 10 heteroatoms. The first-order chi connectivity index (χ1) is 13.3. The number of carbonyl (C=O) groups excluding carboxylic acids is 1. The third kappa shape index (κ3) is 6.24. The van der Waals surface area contributed by atoms with E-state index < -0.39 is 62.6 Å². The van der Waals surface area contributed by atoms with E-state index in [1.165, 1.54) is 18.2 Å². The maximum absolute atomic E-state index is 11.6. The van der Waals surface area contributed by atoms with Crippen LogP contribution >= 0.6 is 0 Å². The number of hydrogen-bond acceptors (Lipinski definition) is 10. The van der Waals surface area contributed by atoms with Gasteiger partial charge in [-0.1, -0.05) is 12.1 Å². The number of hydrogen-bond donors (Lipinski definition) is 6. The first-order valence-corrected chi connectivity index (χ1v) is 8.56. The van der Waals surface area contributed by atoms with Crippen LogP contribution in [0.15, 0.2) is 30.3 Å². The molecule has 0 radical (unpaired) electrons. The molecule has 1 heterocycles. The summed E-state index contributed by atoms with van der Waals surface area (Å²) in [5.41, 5.74) is 0.668. The van der Waals surface area contributed by atoms with Crippen molar-refractivity contribution in [2.75, 3.05) is 19.8 Å². The van der Waals surface area contributed by atoms with Crippen molar-refractivity contribution in [3.8, 4) is 5.75 Å². The van der Waals surface area contributed by atoms with E-state index in [-0.39, 0.29) is 5.75 Å². The van der Waals surface area contributed by atoms with Crippen molar-refractivity contribution in [2.45, 2.75) is 36.8 Å². The van der Waals surface area contributed by atoms with Gasteiger partial charge in [0.1, 0.15) is 42.9 Å². The first-order valence-electron chi connectivity index (χ1n) is 8.56. The zero-order chi connectivity index (χ0) is 20.7. The van der Waals surface area contributed by atoms with Crippen LogP contribution in [0.1, 0.15) is 5.56 Å². The molecule has 2 rings (SSSR count). The molecule has 6 N–H and O–H groups in total. The minimum atomic E-state index is -1.59. The molecule has 0 unspecified atom stereocenters. The molecule has 1 aliphatic heterocycles. The predicted molar refractivity (Wildman–Crippen MR) is 93.8 cm³/mol. The van der Waals surface area contributed by atoms with Crippen LogP contribution in [0, 0.1) is 0 Å². The second-order valence-electron chi connectivity index (χ2n) is 6.24. The lowest BCUT2D eigenvalue weighted by atomic mass is 9.99. The van der Waals surface area contributed by atoms with Crippen LogP contribution in [-0.2, 0) is 19.0 Å². The number of aliphatic hydroxyl groups excluding tert-OH is 5. The summed E-state index contributed by atoms with van der Waals surface area (Å²) in [5.74, 6) is -0.609. The molecule has 1 fully saturated rings. The van der Waals surface area contributed by atoms with Crippen LogP contribution < -0.4 is 0 Å². The van der Waals surface area contributed by atoms with E-state index in [1.807, 2.05) is 0 Å². The Morgan fingerprint density at radius 1 is 1.11 bits per heavy atom. The predicted octanol–water partition coefficient (Wildman–Crippen LogP) is -1.87. The number of esters is 1. The summed E-state index contributed by atoms with van der Waals surface area (Å²) >= 11 is 0. The SMILES string of the molecule is O=C(C=Cc1ccc(O)cc1)OC[C@@H](O)CO[C@H]1O[C@@H](CO)[C@@H](O)[C@@H](O)[C@@H]1O. The summed E-state index contributed by atoms with van der Waals surface area (Å²) < 4.78 is 15.1. The van der Waals surface area contributed by atoms with Crippen LogP contribution in [0.5, 0.6) is 5.75 Å². The quantitative estimate of drug-likeness (QED) is 0.215. The van der Waals surface area contributed by atoms with Crippen molar-refractivity contribution in [3.05, 3.63) is 35.9 Å². The average molecular weight is 400 g/mol. The van der Waals surface area contributed by atoms with Gasteiger partial charge in [-0.05, 0) is 23.8 Å². The van der Waals surface area contributed by atoms with E-state index in [0.29, 0.717) is 5.56 Å². The standard InChI is InChI=1S/C18H24O10/c19-7-13-15(23)16(24)17(25)18(28-13)27-9-12(21)8-26-14(22)6-3-10-1-4-11(20)5-2-10/h1-6,12-13,15-21,23-25H,7-9H2/t12-,13+,15-,16-,17+,18+/m1/s1. The second-order valence-corrected chi connectivity index (χ2v) is 6.24. The van der Waals surface area contributed by atoms with Gasteiger partial charge in [-0.15, -0.1) is 0 Å². The zero-order valence-electron chi connectivity index (χ0n) is 14.9. The summed E-state index contributed by atoms with van der Waals surface area (Å²) in [6.07, 6.45) is -5.80. The monoisotopic (exact) mass is 400 g/mol. The number of ether oxygens (including phenoxy) is 3. The maximum atomic E-state index is 11.6. The molecule has 1 aromatic rings. The van der Waals surface area contributed by atoms with Gasteiger partial charge in [0.2, 0.25) is 0 Å². The highest BCUT2D eigenvalue weighted by atomic mass is 16.7. The van der Waals surface area contributed by atoms with E-state index in [2.05, 4.69) is 0 Å². The molecule has 0 amide bonds. The van der Waals surface area contributed by atoms with E-state index in [4.69, 9.17) is 19.3 Å². The summed E-state index contributed by atoms with van der Waals surface area (Å²) in [6, 6.07) is 6.13. The molecular weight excluding hydrogens is 376 g/mol. The summed E-state index contributed by atoms with van der Waals surface area (Å²) in [5, 5.41) is 57.2. The fraction of sp³-hybridized carbons (Fsp3) is 0.500. The Kier molecular flexibility index (Phi) is 8.33. The highest BCUT2D eigenvalue weighted by Gasteiger charge is 2.44. The van der Waals surface area contributed by atoms with Gasteiger partial charge < -0.3 is 44.8 Å². The molecule has 10 nitrogen and oxygen atoms in total. The van der Waals surface area contributed by atoms with Gasteiger partial charge in [-0.25, -0.2) is 4.79 Å². The van der Waals surface area contributed by atoms with Gasteiger partial charge in [-0.3, -0.25) is 0 Å². The number of aliphatic hydroxyl groups is 5. The van der Waals surface area contributed by atoms with E-state index >= 15 is 0 Å². The Morgan fingerprint density at radius 3 is 2.43 bits per heavy atom. The normalized spacial score (nSPS) is 29.0. The van der Waals surface area contributed by atoms with Crippen molar-refractivity contribution in [1.82, 2.24) is 0 Å². The van der Waals surface area contributed by atoms with Gasteiger partial charge in [0.25, 0.3) is 0 Å². The number of carbonyl (C=O) groups is 1. The van der Waals surface area contributed by atoms with Crippen LogP contribution in [0.2, 0.25) is 0 Å². The fourth-order valence-corrected chi connectivity index (χ4v) is 2.44. The largest absolute Gasteiger partial charge is 0.508 e. The van der Waals surface area contributed by atoms with Crippen LogP contribution in [-0.4, -0.2) is 93.2 Å². The number of aromatic hydroxyl groups is 1. The lowest BCUT2D eigenvalue weighted by Crippen LogP contribution is -2.59. The van der Waals surface area contributed by atoms with Crippen LogP contribution in [0.3, 0.4) is 0 Å². The van der Waals surface area contributed by atoms with Gasteiger partial charge >= 0.3 is 5.97 Å². The molecule has 0 aliphatic carbocycles. The third-order valence-electron chi connectivity index (χ3n) is 4.02. The lowest BCUT2D eigenvalue weighted by Gasteiger charge is -2.39. The molecular formula is C18H24O10. The van der Waals surface area contributed by atoms with Crippen molar-refractivity contribution in [2.24, 2.45) is 0 Å². The smallest absolute Gasteiger partial charge is 0.330 e. The van der Waals surface area contributed by atoms with E-state index in [9.17, 15) is 30.3 Å². The molecule has 0 saturated carbocycles. The van der Waals surface area contributed by atoms with Gasteiger partial charge in [0.05, 0.1) is 13.2 Å². The van der Waals surface area contributed by atoms with Gasteiger partial charge in [-0.2, -0.15) is 0 Å². The summed E-state index contributed by atoms with van der Waals surface area (Å²) in [7, 11) is 0. The molecule has 28 heavy (non-hydrogen) atoms. The Bertz CT molecular complexity index is 644. The molecule has 1 aromatic carbocycles. The fourth-order valence-electron chi connectivity index (χ4n) is 2.44. The minimum Gasteiger partial charge on any atom is -0.508 e.